The Hall–Kier alpha value is -1.79. The van der Waals surface area contributed by atoms with E-state index in [1.165, 1.54) is 39.8 Å². The number of nitrogens with zero attached hydrogens (tertiary/aromatic N) is 3. The van der Waals surface area contributed by atoms with Gasteiger partial charge in [-0.3, -0.25) is 9.69 Å². The summed E-state index contributed by atoms with van der Waals surface area (Å²) in [6.45, 7) is 2.44. The maximum atomic E-state index is 12.4. The molecule has 1 saturated heterocycles. The minimum absolute atomic E-state index is 0.0165. The van der Waals surface area contributed by atoms with Crippen molar-refractivity contribution in [3.05, 3.63) is 16.8 Å². The molecule has 0 radical (unpaired) electrons. The first kappa shape index (κ1) is 19.0. The summed E-state index contributed by atoms with van der Waals surface area (Å²) in [6.07, 6.45) is 0.790. The third kappa shape index (κ3) is 3.81. The van der Waals surface area contributed by atoms with Gasteiger partial charge in [0.05, 0.1) is 0 Å². The van der Waals surface area contributed by atoms with Crippen LogP contribution in [-0.2, 0) is 9.59 Å². The van der Waals surface area contributed by atoms with Crippen LogP contribution >= 0.6 is 34.9 Å². The van der Waals surface area contributed by atoms with Gasteiger partial charge in [-0.05, 0) is 12.0 Å². The van der Waals surface area contributed by atoms with Gasteiger partial charge in [-0.15, -0.1) is 22.0 Å². The van der Waals surface area contributed by atoms with Crippen LogP contribution in [0.3, 0.4) is 0 Å². The predicted octanol–water partition coefficient (Wildman–Crippen LogP) is 0.962. The van der Waals surface area contributed by atoms with Gasteiger partial charge in [0.25, 0.3) is 5.91 Å². The van der Waals surface area contributed by atoms with Crippen LogP contribution in [0, 0.1) is 0 Å². The van der Waals surface area contributed by atoms with E-state index in [1.54, 1.807) is 5.51 Å². The van der Waals surface area contributed by atoms with Gasteiger partial charge in [-0.2, -0.15) is 0 Å². The standard InChI is InChI=1S/C14H17N5O4S3/c1-2-3-15-13(23)17-8-10(20)19-9(12(21)22)7(4-24-11(8)19)5-25-14-18-16-6-26-14/h6,8,11H,2-5H2,1H3,(H,21,22)(H2,15,17,23)/t8?,11-/m0/s1. The quantitative estimate of drug-likeness (QED) is 0.444. The van der Waals surface area contributed by atoms with Crippen LogP contribution in [0.4, 0.5) is 4.79 Å². The van der Waals surface area contributed by atoms with Crippen molar-refractivity contribution in [1.82, 2.24) is 25.7 Å². The van der Waals surface area contributed by atoms with E-state index in [2.05, 4.69) is 20.8 Å². The van der Waals surface area contributed by atoms with E-state index < -0.39 is 29.3 Å². The Morgan fingerprint density at radius 3 is 2.96 bits per heavy atom. The Labute approximate surface area is 162 Å². The number of aromatic nitrogens is 2. The van der Waals surface area contributed by atoms with E-state index in [0.717, 1.165) is 10.8 Å². The molecule has 26 heavy (non-hydrogen) atoms. The number of carbonyl (C=O) groups is 3. The van der Waals surface area contributed by atoms with Gasteiger partial charge in [-0.25, -0.2) is 9.59 Å². The topological polar surface area (TPSA) is 125 Å². The monoisotopic (exact) mass is 415 g/mol. The third-order valence-electron chi connectivity index (χ3n) is 3.78. The maximum absolute atomic E-state index is 12.4. The fourth-order valence-electron chi connectivity index (χ4n) is 2.60. The molecule has 1 fully saturated rings. The zero-order chi connectivity index (χ0) is 18.7. The fraction of sp³-hybridized carbons (Fsp3) is 0.500. The van der Waals surface area contributed by atoms with E-state index in [0.29, 0.717) is 23.6 Å². The average Bonchev–Trinajstić information content (AvgIpc) is 3.15. The van der Waals surface area contributed by atoms with Crippen LogP contribution in [0.2, 0.25) is 0 Å². The van der Waals surface area contributed by atoms with E-state index in [1.807, 2.05) is 6.92 Å². The van der Waals surface area contributed by atoms with Gasteiger partial charge >= 0.3 is 12.0 Å². The second-order valence-electron chi connectivity index (χ2n) is 5.54. The van der Waals surface area contributed by atoms with Crippen molar-refractivity contribution in [1.29, 1.82) is 0 Å². The second kappa shape index (κ2) is 8.27. The van der Waals surface area contributed by atoms with Gasteiger partial charge < -0.3 is 15.7 Å². The summed E-state index contributed by atoms with van der Waals surface area (Å²) in [5.74, 6) is -0.624. The predicted molar refractivity (Wildman–Crippen MR) is 99.0 cm³/mol. The van der Waals surface area contributed by atoms with Crippen molar-refractivity contribution in [3.63, 3.8) is 0 Å². The van der Waals surface area contributed by atoms with Crippen LogP contribution in [0.15, 0.2) is 21.1 Å². The molecule has 1 aromatic heterocycles. The SMILES string of the molecule is CCCNC(=O)NC1C(=O)N2C(C(=O)O)=C(CSc3nncs3)CS[C@@H]12. The Balaban J connectivity index is 1.69. The van der Waals surface area contributed by atoms with Crippen molar-refractivity contribution < 1.29 is 19.5 Å². The van der Waals surface area contributed by atoms with Gasteiger partial charge in [0, 0.05) is 18.1 Å². The highest BCUT2D eigenvalue weighted by atomic mass is 32.2. The van der Waals surface area contributed by atoms with Crippen molar-refractivity contribution in [2.24, 2.45) is 0 Å². The molecule has 12 heteroatoms. The van der Waals surface area contributed by atoms with Crippen molar-refractivity contribution in [2.45, 2.75) is 29.1 Å². The van der Waals surface area contributed by atoms with E-state index in [4.69, 9.17) is 0 Å². The molecule has 2 atom stereocenters. The minimum atomic E-state index is -1.13. The highest BCUT2D eigenvalue weighted by Gasteiger charge is 2.54. The first-order chi connectivity index (χ1) is 12.5. The van der Waals surface area contributed by atoms with Crippen LogP contribution in [0.25, 0.3) is 0 Å². The molecule has 2 aliphatic rings. The Kier molecular flexibility index (Phi) is 6.04. The number of aliphatic carboxylic acids is 1. The summed E-state index contributed by atoms with van der Waals surface area (Å²) in [7, 11) is 0. The summed E-state index contributed by atoms with van der Waals surface area (Å²) in [5.41, 5.74) is 2.29. The first-order valence-corrected chi connectivity index (χ1v) is 10.8. The summed E-state index contributed by atoms with van der Waals surface area (Å²) >= 11 is 4.23. The molecule has 0 saturated carbocycles. The van der Waals surface area contributed by atoms with Crippen LogP contribution < -0.4 is 10.6 Å². The van der Waals surface area contributed by atoms with E-state index >= 15 is 0 Å². The molecule has 3 N–H and O–H groups in total. The van der Waals surface area contributed by atoms with Crippen molar-refractivity contribution in [2.75, 3.05) is 18.1 Å². The van der Waals surface area contributed by atoms with E-state index in [-0.39, 0.29) is 5.70 Å². The molecule has 0 aromatic carbocycles. The molecule has 9 nitrogen and oxygen atoms in total. The number of hydrogen-bond acceptors (Lipinski definition) is 8. The molecule has 3 amide bonds. The number of carboxylic acids is 1. The highest BCUT2D eigenvalue weighted by molar-refractivity contribution is 8.01. The Morgan fingerprint density at radius 1 is 1.50 bits per heavy atom. The average molecular weight is 416 g/mol. The Bertz CT molecular complexity index is 739. The molecular formula is C14H17N5O4S3. The number of amides is 3. The van der Waals surface area contributed by atoms with Crippen LogP contribution in [0.5, 0.6) is 0 Å². The number of β-lactam (4-membered cyclic amide) rings is 1. The van der Waals surface area contributed by atoms with Crippen LogP contribution in [0.1, 0.15) is 13.3 Å². The fourth-order valence-corrected chi connectivity index (χ4v) is 5.57. The summed E-state index contributed by atoms with van der Waals surface area (Å²) in [5, 5.41) is 22.2. The number of nitrogens with one attached hydrogen (secondary N) is 2. The second-order valence-corrected chi connectivity index (χ2v) is 8.70. The zero-order valence-electron chi connectivity index (χ0n) is 13.8. The molecule has 0 spiro atoms. The lowest BCUT2D eigenvalue weighted by atomic mass is 10.0. The number of rotatable bonds is 7. The maximum Gasteiger partial charge on any atom is 0.352 e. The number of thioether (sulfide) groups is 2. The summed E-state index contributed by atoms with van der Waals surface area (Å²) in [6, 6.07) is -1.12. The summed E-state index contributed by atoms with van der Waals surface area (Å²) < 4.78 is 0.747. The van der Waals surface area contributed by atoms with E-state index in [9.17, 15) is 19.5 Å². The van der Waals surface area contributed by atoms with Gasteiger partial charge in [-0.1, -0.05) is 30.0 Å². The molecule has 0 bridgehead atoms. The molecule has 3 rings (SSSR count). The number of fused-ring (bicyclic) bond motifs is 1. The molecule has 3 heterocycles. The molecule has 1 unspecified atom stereocenters. The number of hydrogen-bond donors (Lipinski definition) is 3. The molecular weight excluding hydrogens is 398 g/mol. The molecule has 1 aromatic rings. The number of urea groups is 1. The largest absolute Gasteiger partial charge is 0.477 e. The van der Waals surface area contributed by atoms with Gasteiger partial charge in [0.15, 0.2) is 4.34 Å². The lowest BCUT2D eigenvalue weighted by molar-refractivity contribution is -0.148. The zero-order valence-corrected chi connectivity index (χ0v) is 16.2. The lowest BCUT2D eigenvalue weighted by Gasteiger charge is -2.49. The lowest BCUT2D eigenvalue weighted by Crippen LogP contribution is -2.71. The highest BCUT2D eigenvalue weighted by Crippen LogP contribution is 2.41. The number of carboxylic acid groups (broad SMARTS) is 1. The van der Waals surface area contributed by atoms with Crippen molar-refractivity contribution >= 4 is 52.8 Å². The van der Waals surface area contributed by atoms with Gasteiger partial charge in [0.2, 0.25) is 0 Å². The Morgan fingerprint density at radius 2 is 2.31 bits per heavy atom. The first-order valence-electron chi connectivity index (χ1n) is 7.86. The molecule has 0 aliphatic carbocycles. The molecule has 140 valence electrons. The summed E-state index contributed by atoms with van der Waals surface area (Å²) in [4.78, 5) is 37.2. The van der Waals surface area contributed by atoms with Gasteiger partial charge in [0.1, 0.15) is 22.6 Å². The van der Waals surface area contributed by atoms with Crippen LogP contribution in [-0.4, -0.2) is 67.6 Å². The van der Waals surface area contributed by atoms with Crippen molar-refractivity contribution in [3.8, 4) is 0 Å². The normalized spacial score (nSPS) is 21.9. The minimum Gasteiger partial charge on any atom is -0.477 e. The molecule has 2 aliphatic heterocycles. The number of carbonyl (C=O) groups excluding carboxylic acids is 2. The smallest absolute Gasteiger partial charge is 0.352 e. The third-order valence-corrected chi connectivity index (χ3v) is 7.07.